The molecule has 0 aliphatic heterocycles. The summed E-state index contributed by atoms with van der Waals surface area (Å²) >= 11 is -5.25. The van der Waals surface area contributed by atoms with Crippen molar-refractivity contribution in [2.24, 2.45) is 0 Å². The SMILES string of the molecule is [Ca+2].[H-].[H-].[O]=[Cr](=[O])([OH])[OH]. The summed E-state index contributed by atoms with van der Waals surface area (Å²) in [5.74, 6) is 0. The summed E-state index contributed by atoms with van der Waals surface area (Å²) in [6.07, 6.45) is 0. The third-order valence-electron chi connectivity index (χ3n) is 0. The van der Waals surface area contributed by atoms with Gasteiger partial charge >= 0.3 is 67.3 Å². The van der Waals surface area contributed by atoms with Gasteiger partial charge in [0, 0.05) is 0 Å². The average molecular weight is 160 g/mol. The molecule has 0 spiro atoms. The van der Waals surface area contributed by atoms with Gasteiger partial charge in [-0.15, -0.1) is 0 Å². The Morgan fingerprint density at radius 3 is 1.33 bits per heavy atom. The molecular weight excluding hydrogens is 156 g/mol. The van der Waals surface area contributed by atoms with Crippen molar-refractivity contribution in [3.63, 3.8) is 0 Å². The number of rotatable bonds is 0. The summed E-state index contributed by atoms with van der Waals surface area (Å²) in [4.78, 5) is 0. The zero-order valence-corrected chi connectivity index (χ0v) is 6.31. The van der Waals surface area contributed by atoms with E-state index in [1.165, 1.54) is 0 Å². The Bertz CT molecular complexity index is 97.2. The Labute approximate surface area is 69.5 Å². The Kier molecular flexibility index (Phi) is 5.73. The van der Waals surface area contributed by atoms with E-state index in [-0.39, 0.29) is 40.6 Å². The van der Waals surface area contributed by atoms with Crippen LogP contribution in [0.25, 0.3) is 0 Å². The van der Waals surface area contributed by atoms with E-state index in [0.29, 0.717) is 0 Å². The van der Waals surface area contributed by atoms with Crippen LogP contribution in [0.4, 0.5) is 0 Å². The second-order valence-corrected chi connectivity index (χ2v) is 1.85. The second-order valence-electron chi connectivity index (χ2n) is 0.448. The monoisotopic (exact) mass is 160 g/mol. The Morgan fingerprint density at radius 2 is 1.33 bits per heavy atom. The maximum atomic E-state index is 8.82. The third kappa shape index (κ3) is 57.4. The van der Waals surface area contributed by atoms with E-state index in [1.54, 1.807) is 0 Å². The fraction of sp³-hybridized carbons (Fsp3) is 0. The van der Waals surface area contributed by atoms with Crippen molar-refractivity contribution in [3.8, 4) is 0 Å². The van der Waals surface area contributed by atoms with E-state index < -0.39 is 13.6 Å². The predicted molar refractivity (Wildman–Crippen MR) is 13.8 cm³/mol. The Balaban J connectivity index is -0.0000000267. The van der Waals surface area contributed by atoms with E-state index in [0.717, 1.165) is 0 Å². The van der Waals surface area contributed by atoms with Gasteiger partial charge in [0.2, 0.25) is 0 Å². The molecule has 0 unspecified atom stereocenters. The van der Waals surface area contributed by atoms with Crippen LogP contribution in [-0.4, -0.2) is 46.1 Å². The summed E-state index contributed by atoms with van der Waals surface area (Å²) in [5, 5.41) is 0. The predicted octanol–water partition coefficient (Wildman–Crippen LogP) is -1.51. The van der Waals surface area contributed by atoms with Gasteiger partial charge < -0.3 is 2.85 Å². The van der Waals surface area contributed by atoms with E-state index in [9.17, 15) is 0 Å². The molecule has 36 valence electrons. The molecule has 0 atom stereocenters. The molecule has 0 saturated heterocycles. The first-order valence-electron chi connectivity index (χ1n) is 0.698. The first-order chi connectivity index (χ1) is 2.00. The van der Waals surface area contributed by atoms with E-state index >= 15 is 0 Å². The average Bonchev–Trinajstić information content (AvgIpc) is 0.722. The molecular formula is H4CaCrO4. The zero-order chi connectivity index (χ0) is 4.50. The van der Waals surface area contributed by atoms with Crippen LogP contribution in [0.2, 0.25) is 0 Å². The van der Waals surface area contributed by atoms with Crippen LogP contribution < -0.4 is 0 Å². The van der Waals surface area contributed by atoms with Crippen molar-refractivity contribution in [1.29, 1.82) is 0 Å². The van der Waals surface area contributed by atoms with Gasteiger partial charge in [-0.3, -0.25) is 0 Å². The number of hydrogen-bond donors (Lipinski definition) is 2. The van der Waals surface area contributed by atoms with E-state index in [2.05, 4.69) is 0 Å². The second kappa shape index (κ2) is 3.33. The normalized spacial score (nSPS) is 9.67. The van der Waals surface area contributed by atoms with Gasteiger partial charge in [0.25, 0.3) is 0 Å². The molecule has 0 aromatic carbocycles. The minimum absolute atomic E-state index is 0. The third-order valence-corrected chi connectivity index (χ3v) is 0. The summed E-state index contributed by atoms with van der Waals surface area (Å²) in [7, 11) is 0. The zero-order valence-electron chi connectivity index (χ0n) is 4.83. The van der Waals surface area contributed by atoms with Crippen LogP contribution >= 0.6 is 0 Å². The molecule has 0 amide bonds. The topological polar surface area (TPSA) is 74.6 Å². The molecule has 0 saturated carbocycles. The van der Waals surface area contributed by atoms with Crippen LogP contribution in [0, 0.1) is 0 Å². The summed E-state index contributed by atoms with van der Waals surface area (Å²) in [6.45, 7) is 0. The fourth-order valence-electron chi connectivity index (χ4n) is 0. The molecule has 0 rings (SSSR count). The van der Waals surface area contributed by atoms with Crippen molar-refractivity contribution in [1.82, 2.24) is 0 Å². The molecule has 0 aliphatic rings. The summed E-state index contributed by atoms with van der Waals surface area (Å²) in [6, 6.07) is 0. The Hall–Kier alpha value is 1.31. The molecule has 6 heteroatoms. The maximum absolute atomic E-state index is 8.82. The van der Waals surface area contributed by atoms with E-state index in [4.69, 9.17) is 15.9 Å². The van der Waals surface area contributed by atoms with Crippen molar-refractivity contribution in [2.75, 3.05) is 0 Å². The molecule has 0 heterocycles. The number of hydrogen-bond acceptors (Lipinski definition) is 2. The van der Waals surface area contributed by atoms with Gasteiger partial charge in [0.15, 0.2) is 0 Å². The van der Waals surface area contributed by atoms with Gasteiger partial charge in [-0.05, 0) is 0 Å². The van der Waals surface area contributed by atoms with Gasteiger partial charge in [0.1, 0.15) is 0 Å². The van der Waals surface area contributed by atoms with Crippen molar-refractivity contribution in [3.05, 3.63) is 0 Å². The molecule has 0 aromatic rings. The first kappa shape index (κ1) is 10.3. The van der Waals surface area contributed by atoms with Crippen molar-refractivity contribution >= 4 is 37.7 Å². The quantitative estimate of drug-likeness (QED) is 0.422. The molecule has 6 heavy (non-hydrogen) atoms. The van der Waals surface area contributed by atoms with Gasteiger partial charge in [-0.25, -0.2) is 0 Å². The molecule has 0 aliphatic carbocycles. The van der Waals surface area contributed by atoms with Gasteiger partial charge in [-0.1, -0.05) is 0 Å². The van der Waals surface area contributed by atoms with Crippen LogP contribution in [-0.2, 0) is 21.2 Å². The standard InChI is InChI=1S/Ca.Cr.2H2O.2O.2H/h;;2*1H2;;;;/q2*+2;;;;;2*-1/p-2. The molecule has 2 N–H and O–H groups in total. The van der Waals surface area contributed by atoms with Gasteiger partial charge in [-0.2, -0.15) is 0 Å². The van der Waals surface area contributed by atoms with Crippen molar-refractivity contribution in [2.45, 2.75) is 0 Å². The fourth-order valence-corrected chi connectivity index (χ4v) is 0. The summed E-state index contributed by atoms with van der Waals surface area (Å²) in [5.41, 5.74) is 0. The minimum atomic E-state index is -5.25. The van der Waals surface area contributed by atoms with Gasteiger partial charge in [0.05, 0.1) is 0 Å². The van der Waals surface area contributed by atoms with Crippen LogP contribution in [0.15, 0.2) is 0 Å². The van der Waals surface area contributed by atoms with Crippen LogP contribution in [0.5, 0.6) is 0 Å². The van der Waals surface area contributed by atoms with E-state index in [1.807, 2.05) is 0 Å². The summed E-state index contributed by atoms with van der Waals surface area (Å²) < 4.78 is 31.9. The van der Waals surface area contributed by atoms with Crippen LogP contribution in [0.1, 0.15) is 2.85 Å². The Morgan fingerprint density at radius 1 is 1.33 bits per heavy atom. The van der Waals surface area contributed by atoms with Crippen LogP contribution in [0.3, 0.4) is 0 Å². The molecule has 0 aromatic heterocycles. The molecule has 0 bridgehead atoms. The molecule has 0 radical (unpaired) electrons. The molecule has 4 nitrogen and oxygen atoms in total. The van der Waals surface area contributed by atoms with Crippen molar-refractivity contribution < 1.29 is 32.4 Å². The molecule has 0 fully saturated rings. The first-order valence-corrected chi connectivity index (χ1v) is 2.88.